The van der Waals surface area contributed by atoms with E-state index in [9.17, 15) is 4.79 Å². The maximum absolute atomic E-state index is 10.9. The monoisotopic (exact) mass is 227 g/mol. The van der Waals surface area contributed by atoms with Crippen molar-refractivity contribution in [3.63, 3.8) is 0 Å². The Balaban J connectivity index is 2.12. The fraction of sp³-hybridized carbons (Fsp3) is 0.0769. The number of carbonyl (C=O) groups excluding carboxylic acids is 1. The lowest BCUT2D eigenvalue weighted by atomic mass is 10.0. The normalized spacial score (nSPS) is 12.5. The molecule has 2 heterocycles. The first-order valence-electron chi connectivity index (χ1n) is 5.19. The minimum Gasteiger partial charge on any atom is -0.454 e. The number of aromatic nitrogens is 1. The first-order valence-corrected chi connectivity index (χ1v) is 5.19. The van der Waals surface area contributed by atoms with Crippen LogP contribution in [0.15, 0.2) is 36.5 Å². The van der Waals surface area contributed by atoms with Gasteiger partial charge in [0, 0.05) is 11.8 Å². The van der Waals surface area contributed by atoms with Crippen LogP contribution in [0.1, 0.15) is 10.5 Å². The van der Waals surface area contributed by atoms with Crippen LogP contribution in [-0.4, -0.2) is 18.1 Å². The Hall–Kier alpha value is -2.36. The minimum absolute atomic E-state index is 0.242. The summed E-state index contributed by atoms with van der Waals surface area (Å²) in [5.74, 6) is 1.42. The third-order valence-corrected chi connectivity index (χ3v) is 2.63. The van der Waals surface area contributed by atoms with Crippen molar-refractivity contribution in [1.82, 2.24) is 4.98 Å². The standard InChI is InChI=1S/C13H9NO3/c15-7-11-10(2-1-5-14-11)9-3-4-12-13(6-9)17-8-16-12/h1-7H,8H2. The molecule has 0 saturated carbocycles. The second kappa shape index (κ2) is 3.90. The molecule has 0 fully saturated rings. The second-order valence-electron chi connectivity index (χ2n) is 3.62. The van der Waals surface area contributed by atoms with Crippen LogP contribution in [0.2, 0.25) is 0 Å². The van der Waals surface area contributed by atoms with Crippen molar-refractivity contribution in [3.05, 3.63) is 42.2 Å². The van der Waals surface area contributed by atoms with Crippen LogP contribution in [0.25, 0.3) is 11.1 Å². The van der Waals surface area contributed by atoms with E-state index < -0.39 is 0 Å². The van der Waals surface area contributed by atoms with E-state index in [2.05, 4.69) is 4.98 Å². The molecule has 84 valence electrons. The Morgan fingerprint density at radius 1 is 1.18 bits per heavy atom. The summed E-state index contributed by atoms with van der Waals surface area (Å²) in [6.45, 7) is 0.242. The number of carbonyl (C=O) groups is 1. The number of hydrogen-bond acceptors (Lipinski definition) is 4. The van der Waals surface area contributed by atoms with Crippen LogP contribution < -0.4 is 9.47 Å². The highest BCUT2D eigenvalue weighted by Crippen LogP contribution is 2.36. The summed E-state index contributed by atoms with van der Waals surface area (Å²) in [6.07, 6.45) is 2.35. The van der Waals surface area contributed by atoms with Gasteiger partial charge in [0.25, 0.3) is 0 Å². The van der Waals surface area contributed by atoms with Crippen molar-refractivity contribution >= 4 is 6.29 Å². The van der Waals surface area contributed by atoms with Crippen LogP contribution >= 0.6 is 0 Å². The number of rotatable bonds is 2. The van der Waals surface area contributed by atoms with Crippen molar-refractivity contribution < 1.29 is 14.3 Å². The van der Waals surface area contributed by atoms with E-state index in [1.54, 1.807) is 12.3 Å². The molecular weight excluding hydrogens is 218 g/mol. The molecule has 1 aliphatic heterocycles. The van der Waals surface area contributed by atoms with Crippen LogP contribution in [0, 0.1) is 0 Å². The highest BCUT2D eigenvalue weighted by molar-refractivity contribution is 5.85. The lowest BCUT2D eigenvalue weighted by Crippen LogP contribution is -1.93. The van der Waals surface area contributed by atoms with Crippen LogP contribution in [0.3, 0.4) is 0 Å². The molecule has 0 radical (unpaired) electrons. The Labute approximate surface area is 97.8 Å². The molecule has 2 aromatic rings. The van der Waals surface area contributed by atoms with Crippen molar-refractivity contribution in [2.24, 2.45) is 0 Å². The van der Waals surface area contributed by atoms with Gasteiger partial charge in [-0.05, 0) is 23.8 Å². The van der Waals surface area contributed by atoms with Gasteiger partial charge in [-0.1, -0.05) is 12.1 Å². The molecular formula is C13H9NO3. The third-order valence-electron chi connectivity index (χ3n) is 2.63. The van der Waals surface area contributed by atoms with Gasteiger partial charge in [-0.15, -0.1) is 0 Å². The lowest BCUT2D eigenvalue weighted by Gasteiger charge is -2.04. The smallest absolute Gasteiger partial charge is 0.231 e. The SMILES string of the molecule is O=Cc1ncccc1-c1ccc2c(c1)OCO2. The van der Waals surface area contributed by atoms with Crippen molar-refractivity contribution in [2.75, 3.05) is 6.79 Å². The molecule has 0 bridgehead atoms. The number of ether oxygens (including phenoxy) is 2. The van der Waals surface area contributed by atoms with E-state index in [1.165, 1.54) is 0 Å². The Morgan fingerprint density at radius 2 is 2.06 bits per heavy atom. The van der Waals surface area contributed by atoms with Gasteiger partial charge in [0.1, 0.15) is 5.69 Å². The molecule has 0 amide bonds. The molecule has 4 heteroatoms. The first-order chi connectivity index (χ1) is 8.38. The zero-order valence-electron chi connectivity index (χ0n) is 8.92. The zero-order chi connectivity index (χ0) is 11.7. The molecule has 1 aromatic heterocycles. The van der Waals surface area contributed by atoms with Gasteiger partial charge < -0.3 is 9.47 Å². The van der Waals surface area contributed by atoms with Crippen LogP contribution in [0.4, 0.5) is 0 Å². The predicted molar refractivity (Wildman–Crippen MR) is 61.2 cm³/mol. The number of fused-ring (bicyclic) bond motifs is 1. The molecule has 3 rings (SSSR count). The topological polar surface area (TPSA) is 48.4 Å². The van der Waals surface area contributed by atoms with Crippen molar-refractivity contribution in [1.29, 1.82) is 0 Å². The summed E-state index contributed by atoms with van der Waals surface area (Å²) < 4.78 is 10.5. The van der Waals surface area contributed by atoms with Crippen LogP contribution in [-0.2, 0) is 0 Å². The Kier molecular flexibility index (Phi) is 2.26. The van der Waals surface area contributed by atoms with Gasteiger partial charge >= 0.3 is 0 Å². The summed E-state index contributed by atoms with van der Waals surface area (Å²) in [5, 5.41) is 0. The first kappa shape index (κ1) is 9.84. The van der Waals surface area contributed by atoms with Crippen LogP contribution in [0.5, 0.6) is 11.5 Å². The van der Waals surface area contributed by atoms with Gasteiger partial charge in [0.05, 0.1) is 0 Å². The van der Waals surface area contributed by atoms with E-state index in [1.807, 2.05) is 24.3 Å². The fourth-order valence-corrected chi connectivity index (χ4v) is 1.82. The van der Waals surface area contributed by atoms with Gasteiger partial charge in [-0.25, -0.2) is 0 Å². The maximum Gasteiger partial charge on any atom is 0.231 e. The van der Waals surface area contributed by atoms with Gasteiger partial charge in [-0.2, -0.15) is 0 Å². The number of aldehydes is 1. The van der Waals surface area contributed by atoms with Crippen molar-refractivity contribution in [3.8, 4) is 22.6 Å². The van der Waals surface area contributed by atoms with Crippen molar-refractivity contribution in [2.45, 2.75) is 0 Å². The summed E-state index contributed by atoms with van der Waals surface area (Å²) in [6, 6.07) is 9.23. The second-order valence-corrected chi connectivity index (χ2v) is 3.62. The average Bonchev–Trinajstić information content (AvgIpc) is 2.85. The number of pyridine rings is 1. The van der Waals surface area contributed by atoms with Gasteiger partial charge in [0.15, 0.2) is 17.8 Å². The van der Waals surface area contributed by atoms with E-state index >= 15 is 0 Å². The quantitative estimate of drug-likeness (QED) is 0.738. The zero-order valence-corrected chi connectivity index (χ0v) is 8.92. The molecule has 1 aromatic carbocycles. The van der Waals surface area contributed by atoms with E-state index in [4.69, 9.17) is 9.47 Å². The molecule has 4 nitrogen and oxygen atoms in total. The van der Waals surface area contributed by atoms with E-state index in [0.717, 1.165) is 23.2 Å². The molecule has 17 heavy (non-hydrogen) atoms. The van der Waals surface area contributed by atoms with Gasteiger partial charge in [0.2, 0.25) is 6.79 Å². The molecule has 0 saturated heterocycles. The lowest BCUT2D eigenvalue weighted by molar-refractivity contribution is 0.111. The molecule has 0 aliphatic carbocycles. The average molecular weight is 227 g/mol. The van der Waals surface area contributed by atoms with Gasteiger partial charge in [-0.3, -0.25) is 9.78 Å². The largest absolute Gasteiger partial charge is 0.454 e. The number of hydrogen-bond donors (Lipinski definition) is 0. The molecule has 0 unspecified atom stereocenters. The summed E-state index contributed by atoms with van der Waals surface area (Å²) in [4.78, 5) is 14.9. The molecule has 0 atom stereocenters. The van der Waals surface area contributed by atoms with E-state index in [-0.39, 0.29) is 6.79 Å². The Morgan fingerprint density at radius 3 is 2.94 bits per heavy atom. The summed E-state index contributed by atoms with van der Waals surface area (Å²) >= 11 is 0. The highest BCUT2D eigenvalue weighted by Gasteiger charge is 2.15. The minimum atomic E-state index is 0.242. The maximum atomic E-state index is 10.9. The summed E-state index contributed by atoms with van der Waals surface area (Å²) in [5.41, 5.74) is 2.11. The third kappa shape index (κ3) is 1.63. The summed E-state index contributed by atoms with van der Waals surface area (Å²) in [7, 11) is 0. The highest BCUT2D eigenvalue weighted by atomic mass is 16.7. The number of benzene rings is 1. The fourth-order valence-electron chi connectivity index (χ4n) is 1.82. The molecule has 1 aliphatic rings. The molecule has 0 N–H and O–H groups in total. The Bertz CT molecular complexity index is 581. The molecule has 0 spiro atoms. The van der Waals surface area contributed by atoms with E-state index in [0.29, 0.717) is 11.4 Å². The predicted octanol–water partition coefficient (Wildman–Crippen LogP) is 2.29. The number of nitrogens with zero attached hydrogens (tertiary/aromatic N) is 1.